The van der Waals surface area contributed by atoms with Crippen LogP contribution in [0.4, 0.5) is 18.9 Å². The van der Waals surface area contributed by atoms with E-state index in [4.69, 9.17) is 0 Å². The van der Waals surface area contributed by atoms with Crippen LogP contribution < -0.4 is 5.32 Å². The molecule has 0 fully saturated rings. The van der Waals surface area contributed by atoms with E-state index in [-0.39, 0.29) is 17.5 Å². The van der Waals surface area contributed by atoms with Crippen molar-refractivity contribution < 1.29 is 18.0 Å². The summed E-state index contributed by atoms with van der Waals surface area (Å²) in [6.07, 6.45) is 8.39. The van der Waals surface area contributed by atoms with Crippen molar-refractivity contribution in [2.45, 2.75) is 38.6 Å². The first kappa shape index (κ1) is 16.9. The van der Waals surface area contributed by atoms with Gasteiger partial charge in [-0.15, -0.1) is 0 Å². The predicted octanol–water partition coefficient (Wildman–Crippen LogP) is 4.07. The summed E-state index contributed by atoms with van der Waals surface area (Å²) in [6, 6.07) is 1.58. The molecule has 0 spiro atoms. The van der Waals surface area contributed by atoms with Gasteiger partial charge >= 0.3 is 0 Å². The van der Waals surface area contributed by atoms with Crippen molar-refractivity contribution in [2.75, 3.05) is 5.32 Å². The number of amides is 1. The van der Waals surface area contributed by atoms with Crippen LogP contribution in [0.2, 0.25) is 0 Å². The molecule has 1 N–H and O–H groups in total. The maximum Gasteiger partial charge on any atom is 0.227 e. The van der Waals surface area contributed by atoms with Gasteiger partial charge in [0.1, 0.15) is 0 Å². The molecule has 0 saturated heterocycles. The number of rotatable bonds is 3. The summed E-state index contributed by atoms with van der Waals surface area (Å²) in [5.41, 5.74) is 3.32. The number of anilines is 1. The van der Waals surface area contributed by atoms with Crippen molar-refractivity contribution in [1.82, 2.24) is 9.78 Å². The highest BCUT2D eigenvalue weighted by Crippen LogP contribution is 2.33. The summed E-state index contributed by atoms with van der Waals surface area (Å²) >= 11 is 0. The van der Waals surface area contributed by atoms with Gasteiger partial charge in [-0.3, -0.25) is 9.48 Å². The Morgan fingerprint density at radius 3 is 2.69 bits per heavy atom. The molecule has 1 amide bonds. The fraction of sp³-hybridized carbons (Fsp3) is 0.368. The fourth-order valence-corrected chi connectivity index (χ4v) is 3.71. The molecule has 2 aliphatic rings. The maximum absolute atomic E-state index is 13.3. The summed E-state index contributed by atoms with van der Waals surface area (Å²) in [5.74, 6) is -4.83. The molecule has 1 unspecified atom stereocenters. The molecule has 1 aliphatic carbocycles. The van der Waals surface area contributed by atoms with Crippen molar-refractivity contribution >= 4 is 17.2 Å². The van der Waals surface area contributed by atoms with Crippen molar-refractivity contribution in [2.24, 2.45) is 5.92 Å². The number of allylic oxidation sites excluding steroid dienone is 2. The lowest BCUT2D eigenvalue weighted by atomic mass is 9.91. The molecule has 26 heavy (non-hydrogen) atoms. The number of nitrogens with zero attached hydrogens (tertiary/aromatic N) is 2. The molecule has 136 valence electrons. The van der Waals surface area contributed by atoms with Crippen molar-refractivity contribution in [3.05, 3.63) is 53.1 Å². The van der Waals surface area contributed by atoms with E-state index in [1.54, 1.807) is 0 Å². The molecular weight excluding hydrogens is 343 g/mol. The molecule has 2 heterocycles. The third-order valence-corrected chi connectivity index (χ3v) is 5.09. The third-order valence-electron chi connectivity index (χ3n) is 5.09. The van der Waals surface area contributed by atoms with E-state index in [0.717, 1.165) is 42.7 Å². The molecule has 2 aromatic rings. The zero-order valence-electron chi connectivity index (χ0n) is 14.1. The Kier molecular flexibility index (Phi) is 4.30. The number of benzene rings is 1. The highest BCUT2D eigenvalue weighted by atomic mass is 19.2. The van der Waals surface area contributed by atoms with Crippen molar-refractivity contribution in [3.63, 3.8) is 0 Å². The van der Waals surface area contributed by atoms with Crippen LogP contribution >= 0.6 is 0 Å². The quantitative estimate of drug-likeness (QED) is 0.838. The standard InChI is InChI=1S/C19H18F3N3O/c20-15-8-13(9-16(21)18(15)22)24-19(26)12-5-6-25-17(7-12)14(10-23-25)11-3-1-2-4-11/h3,8-10,12H,1-2,4-7H2,(H,24,26). The largest absolute Gasteiger partial charge is 0.326 e. The molecule has 0 saturated carbocycles. The van der Waals surface area contributed by atoms with E-state index in [2.05, 4.69) is 16.5 Å². The maximum atomic E-state index is 13.3. The van der Waals surface area contributed by atoms with E-state index < -0.39 is 17.5 Å². The summed E-state index contributed by atoms with van der Waals surface area (Å²) < 4.78 is 41.6. The minimum atomic E-state index is -1.54. The van der Waals surface area contributed by atoms with Crippen LogP contribution in [-0.2, 0) is 17.8 Å². The number of carbonyl (C=O) groups excluding carboxylic acids is 1. The zero-order valence-corrected chi connectivity index (χ0v) is 14.1. The topological polar surface area (TPSA) is 46.9 Å². The van der Waals surface area contributed by atoms with Crippen molar-refractivity contribution in [3.8, 4) is 0 Å². The number of fused-ring (bicyclic) bond motifs is 1. The van der Waals surface area contributed by atoms with Gasteiger partial charge < -0.3 is 5.32 Å². The number of aromatic nitrogens is 2. The summed E-state index contributed by atoms with van der Waals surface area (Å²) in [5, 5.41) is 6.92. The fourth-order valence-electron chi connectivity index (χ4n) is 3.71. The van der Waals surface area contributed by atoms with Crippen LogP contribution in [0.15, 0.2) is 24.4 Å². The van der Waals surface area contributed by atoms with Crippen LogP contribution in [0.3, 0.4) is 0 Å². The SMILES string of the molecule is O=C(Nc1cc(F)c(F)c(F)c1)C1CCn2ncc(C3=CCCC3)c2C1. The molecule has 7 heteroatoms. The second-order valence-corrected chi connectivity index (χ2v) is 6.78. The van der Waals surface area contributed by atoms with Gasteiger partial charge in [0.2, 0.25) is 5.91 Å². The Morgan fingerprint density at radius 2 is 2.00 bits per heavy atom. The Hall–Kier alpha value is -2.57. The highest BCUT2D eigenvalue weighted by molar-refractivity contribution is 5.92. The minimum Gasteiger partial charge on any atom is -0.326 e. The monoisotopic (exact) mass is 361 g/mol. The number of carbonyl (C=O) groups is 1. The number of aryl methyl sites for hydroxylation is 1. The molecule has 4 rings (SSSR count). The first-order valence-electron chi connectivity index (χ1n) is 8.72. The van der Waals surface area contributed by atoms with Gasteiger partial charge in [0.05, 0.1) is 6.20 Å². The van der Waals surface area contributed by atoms with E-state index in [1.165, 1.54) is 5.57 Å². The van der Waals surface area contributed by atoms with E-state index >= 15 is 0 Å². The second-order valence-electron chi connectivity index (χ2n) is 6.78. The molecule has 4 nitrogen and oxygen atoms in total. The summed E-state index contributed by atoms with van der Waals surface area (Å²) in [7, 11) is 0. The number of hydrogen-bond donors (Lipinski definition) is 1. The van der Waals surface area contributed by atoms with Gasteiger partial charge in [0, 0.05) is 48.0 Å². The highest BCUT2D eigenvalue weighted by Gasteiger charge is 2.29. The Labute approximate surface area is 148 Å². The van der Waals surface area contributed by atoms with Crippen LogP contribution in [0.25, 0.3) is 5.57 Å². The van der Waals surface area contributed by atoms with Gasteiger partial charge in [-0.1, -0.05) is 6.08 Å². The van der Waals surface area contributed by atoms with Crippen LogP contribution in [0, 0.1) is 23.4 Å². The molecule has 1 aromatic carbocycles. The lowest BCUT2D eigenvalue weighted by Gasteiger charge is -2.24. The molecule has 0 radical (unpaired) electrons. The average molecular weight is 361 g/mol. The Bertz CT molecular complexity index is 880. The lowest BCUT2D eigenvalue weighted by molar-refractivity contribution is -0.120. The van der Waals surface area contributed by atoms with Gasteiger partial charge in [-0.25, -0.2) is 13.2 Å². The van der Waals surface area contributed by atoms with Crippen LogP contribution in [-0.4, -0.2) is 15.7 Å². The van der Waals surface area contributed by atoms with Crippen molar-refractivity contribution in [1.29, 1.82) is 0 Å². The number of nitrogens with one attached hydrogen (secondary N) is 1. The molecule has 1 atom stereocenters. The third kappa shape index (κ3) is 3.02. The van der Waals surface area contributed by atoms with E-state index in [9.17, 15) is 18.0 Å². The van der Waals surface area contributed by atoms with E-state index in [0.29, 0.717) is 19.4 Å². The van der Waals surface area contributed by atoms with E-state index in [1.807, 2.05) is 10.9 Å². The molecule has 1 aromatic heterocycles. The molecule has 0 bridgehead atoms. The summed E-state index contributed by atoms with van der Waals surface area (Å²) in [4.78, 5) is 12.5. The first-order valence-corrected chi connectivity index (χ1v) is 8.72. The minimum absolute atomic E-state index is 0.0794. The lowest BCUT2D eigenvalue weighted by Crippen LogP contribution is -2.31. The Balaban J connectivity index is 1.52. The van der Waals surface area contributed by atoms with Crippen LogP contribution in [0.1, 0.15) is 36.9 Å². The normalized spacial score (nSPS) is 19.2. The second kappa shape index (κ2) is 6.63. The van der Waals surface area contributed by atoms with Crippen LogP contribution in [0.5, 0.6) is 0 Å². The van der Waals surface area contributed by atoms with Gasteiger partial charge in [-0.05, 0) is 31.3 Å². The first-order chi connectivity index (χ1) is 12.5. The average Bonchev–Trinajstić information content (AvgIpc) is 3.28. The summed E-state index contributed by atoms with van der Waals surface area (Å²) in [6.45, 7) is 0.618. The Morgan fingerprint density at radius 1 is 1.23 bits per heavy atom. The zero-order chi connectivity index (χ0) is 18.3. The predicted molar refractivity (Wildman–Crippen MR) is 90.8 cm³/mol. The number of halogens is 3. The smallest absolute Gasteiger partial charge is 0.227 e. The van der Waals surface area contributed by atoms with Gasteiger partial charge in [0.15, 0.2) is 17.5 Å². The number of hydrogen-bond acceptors (Lipinski definition) is 2. The van der Waals surface area contributed by atoms with Gasteiger partial charge in [-0.2, -0.15) is 5.10 Å². The van der Waals surface area contributed by atoms with Gasteiger partial charge in [0.25, 0.3) is 0 Å². The molecule has 1 aliphatic heterocycles. The molecular formula is C19H18F3N3O.